The lowest BCUT2D eigenvalue weighted by atomic mass is 10.1. The van der Waals surface area contributed by atoms with Gasteiger partial charge in [-0.1, -0.05) is 97.3 Å². The van der Waals surface area contributed by atoms with Crippen LogP contribution in [0.1, 0.15) is 117 Å². The highest BCUT2D eigenvalue weighted by Crippen LogP contribution is 2.11. The summed E-state index contributed by atoms with van der Waals surface area (Å²) in [6.45, 7) is 5.75. The number of nitrogens with zero attached hydrogens (tertiary/aromatic N) is 1. The lowest BCUT2D eigenvalue weighted by Gasteiger charge is -2.23. The van der Waals surface area contributed by atoms with E-state index < -0.39 is 10.1 Å². The smallest absolute Gasteiger partial charge is 0.264 e. The molecule has 0 aromatic carbocycles. The zero-order valence-corrected chi connectivity index (χ0v) is 20.7. The molecule has 0 saturated carbocycles. The molecular weight excluding hydrogens is 370 g/mol. The second-order valence-corrected chi connectivity index (χ2v) is 10.8. The van der Waals surface area contributed by atoms with E-state index in [-0.39, 0.29) is 5.75 Å². The summed E-state index contributed by atoms with van der Waals surface area (Å²) in [6.07, 6.45) is 20.5. The molecule has 28 heavy (non-hydrogen) atoms. The van der Waals surface area contributed by atoms with Crippen molar-refractivity contribution in [3.8, 4) is 0 Å². The lowest BCUT2D eigenvalue weighted by Crippen LogP contribution is -2.35. The van der Waals surface area contributed by atoms with Crippen LogP contribution < -0.4 is 0 Å². The van der Waals surface area contributed by atoms with Gasteiger partial charge in [0.2, 0.25) is 0 Å². The second kappa shape index (κ2) is 20.2. The second-order valence-electron chi connectivity index (χ2n) is 9.25. The minimum atomic E-state index is -3.72. The maximum Gasteiger partial charge on any atom is 0.264 e. The molecule has 1 N–H and O–H groups in total. The van der Waals surface area contributed by atoms with Crippen molar-refractivity contribution in [2.75, 3.05) is 33.4 Å². The molecule has 0 aromatic rings. The zero-order valence-electron chi connectivity index (χ0n) is 19.8. The molecule has 0 saturated heterocycles. The number of hydrogen-bond acceptors (Lipinski definition) is 2. The van der Waals surface area contributed by atoms with Crippen LogP contribution >= 0.6 is 0 Å². The third-order valence-corrected chi connectivity index (χ3v) is 5.74. The summed E-state index contributed by atoms with van der Waals surface area (Å²) in [6, 6.07) is 0. The van der Waals surface area contributed by atoms with Gasteiger partial charge in [0.25, 0.3) is 10.1 Å². The molecule has 0 aliphatic carbocycles. The van der Waals surface area contributed by atoms with Gasteiger partial charge < -0.3 is 4.48 Å². The van der Waals surface area contributed by atoms with Crippen LogP contribution in [0.25, 0.3) is 0 Å². The molecule has 4 nitrogen and oxygen atoms in total. The van der Waals surface area contributed by atoms with Gasteiger partial charge in [-0.05, 0) is 19.3 Å². The standard InChI is InChI=1S/C15H34N.C8H18O3S/c1-5-6-7-8-9-10-11-12-13-14-15-16(2,3)4;1-2-3-4-5-6-7-8-12(9,10)11/h5-15H2,1-4H3;2-8H2,1H3,(H,9,10,11)/q+1;. The molecule has 0 bridgehead atoms. The Morgan fingerprint density at radius 1 is 0.571 bits per heavy atom. The molecular formula is C23H52NO3S+. The van der Waals surface area contributed by atoms with Crippen molar-refractivity contribution in [1.82, 2.24) is 0 Å². The molecule has 0 aromatic heterocycles. The number of hydrogen-bond donors (Lipinski definition) is 1. The molecule has 0 aliphatic heterocycles. The summed E-state index contributed by atoms with van der Waals surface area (Å²) in [5, 5.41) is 0. The predicted molar refractivity (Wildman–Crippen MR) is 125 cm³/mol. The third kappa shape index (κ3) is 33.5. The average molecular weight is 423 g/mol. The topological polar surface area (TPSA) is 54.4 Å². The van der Waals surface area contributed by atoms with E-state index >= 15 is 0 Å². The van der Waals surface area contributed by atoms with Gasteiger partial charge in [0, 0.05) is 0 Å². The summed E-state index contributed by atoms with van der Waals surface area (Å²) in [5.74, 6) is -0.0842. The fourth-order valence-electron chi connectivity index (χ4n) is 3.14. The van der Waals surface area contributed by atoms with E-state index in [9.17, 15) is 8.42 Å². The van der Waals surface area contributed by atoms with Gasteiger partial charge in [0.15, 0.2) is 0 Å². The van der Waals surface area contributed by atoms with Crippen LogP contribution in [0.5, 0.6) is 0 Å². The molecule has 0 spiro atoms. The van der Waals surface area contributed by atoms with Crippen molar-refractivity contribution in [2.45, 2.75) is 117 Å². The molecule has 0 amide bonds. The molecule has 172 valence electrons. The minimum absolute atomic E-state index is 0.0842. The van der Waals surface area contributed by atoms with Crippen LogP contribution in [0.4, 0.5) is 0 Å². The lowest BCUT2D eigenvalue weighted by molar-refractivity contribution is -0.870. The molecule has 0 atom stereocenters. The first-order chi connectivity index (χ1) is 13.1. The van der Waals surface area contributed by atoms with E-state index in [0.29, 0.717) is 6.42 Å². The predicted octanol–water partition coefficient (Wildman–Crippen LogP) is 6.85. The monoisotopic (exact) mass is 422 g/mol. The summed E-state index contributed by atoms with van der Waals surface area (Å²) in [7, 11) is 3.14. The van der Waals surface area contributed by atoms with Gasteiger partial charge in [0.1, 0.15) is 0 Å². The van der Waals surface area contributed by atoms with Crippen molar-refractivity contribution in [2.24, 2.45) is 0 Å². The molecule has 0 fully saturated rings. The van der Waals surface area contributed by atoms with Crippen molar-refractivity contribution >= 4 is 10.1 Å². The summed E-state index contributed by atoms with van der Waals surface area (Å²) < 4.78 is 30.1. The molecule has 0 aliphatic rings. The Balaban J connectivity index is 0. The van der Waals surface area contributed by atoms with E-state index in [1.807, 2.05) is 0 Å². The largest absolute Gasteiger partial charge is 0.331 e. The molecule has 0 heterocycles. The molecule has 5 heteroatoms. The van der Waals surface area contributed by atoms with Crippen LogP contribution in [0.2, 0.25) is 0 Å². The zero-order chi connectivity index (χ0) is 21.7. The Hall–Kier alpha value is -0.130. The van der Waals surface area contributed by atoms with Crippen LogP contribution in [0.15, 0.2) is 0 Å². The van der Waals surface area contributed by atoms with Crippen LogP contribution in [0.3, 0.4) is 0 Å². The van der Waals surface area contributed by atoms with Gasteiger partial charge in [-0.15, -0.1) is 0 Å². The van der Waals surface area contributed by atoms with Crippen molar-refractivity contribution in [3.05, 3.63) is 0 Å². The first-order valence-corrected chi connectivity index (χ1v) is 13.5. The molecule has 0 radical (unpaired) electrons. The number of rotatable bonds is 18. The highest BCUT2D eigenvalue weighted by atomic mass is 32.2. The van der Waals surface area contributed by atoms with E-state index in [4.69, 9.17) is 4.55 Å². The Bertz CT molecular complexity index is 403. The SMILES string of the molecule is CCCCCCCCCCCC[N+](C)(C)C.CCCCCCCCS(=O)(=O)O. The number of quaternary nitrogens is 1. The van der Waals surface area contributed by atoms with E-state index in [1.54, 1.807) is 0 Å². The maximum absolute atomic E-state index is 10.3. The quantitative estimate of drug-likeness (QED) is 0.149. The summed E-state index contributed by atoms with van der Waals surface area (Å²) in [5.41, 5.74) is 0. The fourth-order valence-corrected chi connectivity index (χ4v) is 3.71. The van der Waals surface area contributed by atoms with Crippen molar-refractivity contribution in [3.63, 3.8) is 0 Å². The first kappa shape index (κ1) is 30.1. The molecule has 0 rings (SSSR count). The van der Waals surface area contributed by atoms with Gasteiger partial charge in [-0.25, -0.2) is 0 Å². The minimum Gasteiger partial charge on any atom is -0.331 e. The average Bonchev–Trinajstić information content (AvgIpc) is 2.58. The van der Waals surface area contributed by atoms with Crippen molar-refractivity contribution < 1.29 is 17.5 Å². The summed E-state index contributed by atoms with van der Waals surface area (Å²) >= 11 is 0. The van der Waals surface area contributed by atoms with E-state index in [1.165, 1.54) is 90.0 Å². The molecule has 0 unspecified atom stereocenters. The summed E-state index contributed by atoms with van der Waals surface area (Å²) in [4.78, 5) is 0. The fraction of sp³-hybridized carbons (Fsp3) is 1.00. The number of unbranched alkanes of at least 4 members (excludes halogenated alkanes) is 14. The Morgan fingerprint density at radius 3 is 1.21 bits per heavy atom. The van der Waals surface area contributed by atoms with Crippen LogP contribution in [-0.4, -0.2) is 50.9 Å². The third-order valence-electron chi connectivity index (χ3n) is 4.94. The Morgan fingerprint density at radius 2 is 0.893 bits per heavy atom. The van der Waals surface area contributed by atoms with Crippen LogP contribution in [-0.2, 0) is 10.1 Å². The highest BCUT2D eigenvalue weighted by Gasteiger charge is 2.05. The van der Waals surface area contributed by atoms with Gasteiger partial charge in [-0.2, -0.15) is 8.42 Å². The van der Waals surface area contributed by atoms with Crippen molar-refractivity contribution in [1.29, 1.82) is 0 Å². The highest BCUT2D eigenvalue weighted by molar-refractivity contribution is 7.85. The Kier molecular flexibility index (Phi) is 21.6. The van der Waals surface area contributed by atoms with Gasteiger partial charge >= 0.3 is 0 Å². The van der Waals surface area contributed by atoms with Crippen LogP contribution in [0, 0.1) is 0 Å². The van der Waals surface area contributed by atoms with E-state index in [0.717, 1.165) is 17.3 Å². The van der Waals surface area contributed by atoms with Gasteiger partial charge in [0.05, 0.1) is 33.4 Å². The first-order valence-electron chi connectivity index (χ1n) is 11.9. The normalized spacial score (nSPS) is 11.9. The van der Waals surface area contributed by atoms with Gasteiger partial charge in [-0.3, -0.25) is 4.55 Å². The Labute approximate surface area is 177 Å². The van der Waals surface area contributed by atoms with E-state index in [2.05, 4.69) is 35.0 Å². The maximum atomic E-state index is 10.3.